The summed E-state index contributed by atoms with van der Waals surface area (Å²) in [6.45, 7) is 5.57. The second-order valence-corrected chi connectivity index (χ2v) is 4.36. The van der Waals surface area contributed by atoms with E-state index < -0.39 is 11.5 Å². The third-order valence-corrected chi connectivity index (χ3v) is 3.36. The van der Waals surface area contributed by atoms with Gasteiger partial charge in [-0.15, -0.1) is 0 Å². The van der Waals surface area contributed by atoms with Crippen molar-refractivity contribution in [2.24, 2.45) is 0 Å². The number of carboxylic acids is 1. The Morgan fingerprint density at radius 2 is 2.06 bits per heavy atom. The quantitative estimate of drug-likeness (QED) is 0.837. The average molecular weight is 246 g/mol. The molecule has 0 fully saturated rings. The van der Waals surface area contributed by atoms with Gasteiger partial charge >= 0.3 is 5.97 Å². The standard InChI is InChI=1S/C14H18N2O2/c1-4-14(5-2,13(17)18)16-12-8-11(9-15)7-6-10(12)3/h6-8,16H,4-5H2,1-3H3,(H,17,18). The number of hydrogen-bond acceptors (Lipinski definition) is 3. The minimum atomic E-state index is -0.973. The molecule has 0 spiro atoms. The van der Waals surface area contributed by atoms with Crippen molar-refractivity contribution in [3.63, 3.8) is 0 Å². The van der Waals surface area contributed by atoms with Gasteiger partial charge < -0.3 is 10.4 Å². The van der Waals surface area contributed by atoms with Gasteiger partial charge in [-0.1, -0.05) is 19.9 Å². The van der Waals surface area contributed by atoms with E-state index in [1.165, 1.54) is 0 Å². The van der Waals surface area contributed by atoms with Gasteiger partial charge in [-0.25, -0.2) is 4.79 Å². The second kappa shape index (κ2) is 5.54. The van der Waals surface area contributed by atoms with Crippen LogP contribution in [0.3, 0.4) is 0 Å². The zero-order valence-corrected chi connectivity index (χ0v) is 10.9. The van der Waals surface area contributed by atoms with E-state index in [2.05, 4.69) is 11.4 Å². The highest BCUT2D eigenvalue weighted by Gasteiger charge is 2.34. The molecule has 0 aliphatic carbocycles. The molecule has 0 radical (unpaired) electrons. The van der Waals surface area contributed by atoms with Gasteiger partial charge in [-0.05, 0) is 37.5 Å². The van der Waals surface area contributed by atoms with Crippen LogP contribution in [0.1, 0.15) is 37.8 Å². The van der Waals surface area contributed by atoms with Crippen LogP contribution in [0, 0.1) is 18.3 Å². The van der Waals surface area contributed by atoms with Crippen molar-refractivity contribution < 1.29 is 9.90 Å². The third-order valence-electron chi connectivity index (χ3n) is 3.36. The third kappa shape index (κ3) is 2.62. The molecule has 96 valence electrons. The van der Waals surface area contributed by atoms with Crippen molar-refractivity contribution in [2.45, 2.75) is 39.2 Å². The largest absolute Gasteiger partial charge is 0.480 e. The van der Waals surface area contributed by atoms with Gasteiger partial charge in [0.25, 0.3) is 0 Å². The number of rotatable bonds is 5. The minimum absolute atomic E-state index is 0.481. The van der Waals surface area contributed by atoms with Crippen molar-refractivity contribution in [1.82, 2.24) is 0 Å². The van der Waals surface area contributed by atoms with Gasteiger partial charge in [0.15, 0.2) is 0 Å². The number of hydrogen-bond donors (Lipinski definition) is 2. The second-order valence-electron chi connectivity index (χ2n) is 4.36. The van der Waals surface area contributed by atoms with Gasteiger partial charge in [-0.3, -0.25) is 0 Å². The van der Waals surface area contributed by atoms with E-state index in [9.17, 15) is 9.90 Å². The molecule has 1 aromatic rings. The van der Waals surface area contributed by atoms with Gasteiger partial charge in [0.2, 0.25) is 0 Å². The summed E-state index contributed by atoms with van der Waals surface area (Å²) in [5.74, 6) is -0.866. The number of carbonyl (C=O) groups is 1. The average Bonchev–Trinajstić information content (AvgIpc) is 2.37. The molecular weight excluding hydrogens is 228 g/mol. The summed E-state index contributed by atoms with van der Waals surface area (Å²) < 4.78 is 0. The van der Waals surface area contributed by atoms with Crippen LogP contribution in [0.2, 0.25) is 0 Å². The molecule has 0 aliphatic heterocycles. The van der Waals surface area contributed by atoms with Crippen LogP contribution in [-0.4, -0.2) is 16.6 Å². The highest BCUT2D eigenvalue weighted by Crippen LogP contribution is 2.26. The molecule has 0 atom stereocenters. The molecule has 0 saturated carbocycles. The molecule has 0 amide bonds. The highest BCUT2D eigenvalue weighted by molar-refractivity contribution is 5.83. The number of nitrogens with zero attached hydrogens (tertiary/aromatic N) is 1. The van der Waals surface area contributed by atoms with Gasteiger partial charge in [0.05, 0.1) is 11.6 Å². The predicted molar refractivity (Wildman–Crippen MR) is 70.5 cm³/mol. The Morgan fingerprint density at radius 3 is 2.50 bits per heavy atom. The summed E-state index contributed by atoms with van der Waals surface area (Å²) in [5.41, 5.74) is 1.19. The van der Waals surface area contributed by atoms with Crippen LogP contribution in [0.25, 0.3) is 0 Å². The van der Waals surface area contributed by atoms with E-state index in [0.717, 1.165) is 5.56 Å². The molecular formula is C14H18N2O2. The number of nitriles is 1. The Balaban J connectivity index is 3.16. The van der Waals surface area contributed by atoms with Gasteiger partial charge in [0, 0.05) is 5.69 Å². The van der Waals surface area contributed by atoms with E-state index >= 15 is 0 Å². The maximum atomic E-state index is 11.4. The minimum Gasteiger partial charge on any atom is -0.480 e. The van der Waals surface area contributed by atoms with Crippen molar-refractivity contribution >= 4 is 11.7 Å². The smallest absolute Gasteiger partial charge is 0.329 e. The summed E-state index contributed by atoms with van der Waals surface area (Å²) >= 11 is 0. The number of anilines is 1. The monoisotopic (exact) mass is 246 g/mol. The first kappa shape index (κ1) is 14.0. The predicted octanol–water partition coefficient (Wildman–Crippen LogP) is 2.92. The Hall–Kier alpha value is -2.02. The Labute approximate surface area is 107 Å². The molecule has 1 rings (SSSR count). The first-order chi connectivity index (χ1) is 8.49. The van der Waals surface area contributed by atoms with Crippen LogP contribution < -0.4 is 5.32 Å². The van der Waals surface area contributed by atoms with Crippen LogP contribution >= 0.6 is 0 Å². The SMILES string of the molecule is CCC(CC)(Nc1cc(C#N)ccc1C)C(=O)O. The Bertz CT molecular complexity index is 485. The van der Waals surface area contributed by atoms with Crippen LogP contribution in [0.15, 0.2) is 18.2 Å². The number of carboxylic acid groups (broad SMARTS) is 1. The van der Waals surface area contributed by atoms with Gasteiger partial charge in [-0.2, -0.15) is 5.26 Å². The fourth-order valence-electron chi connectivity index (χ4n) is 1.87. The maximum Gasteiger partial charge on any atom is 0.329 e. The van der Waals surface area contributed by atoms with E-state index in [1.54, 1.807) is 12.1 Å². The summed E-state index contributed by atoms with van der Waals surface area (Å²) in [7, 11) is 0. The normalized spacial score (nSPS) is 10.8. The van der Waals surface area contributed by atoms with E-state index in [0.29, 0.717) is 24.1 Å². The molecule has 0 aliphatic rings. The van der Waals surface area contributed by atoms with Crippen LogP contribution in [-0.2, 0) is 4.79 Å². The first-order valence-corrected chi connectivity index (χ1v) is 6.01. The molecule has 18 heavy (non-hydrogen) atoms. The summed E-state index contributed by atoms with van der Waals surface area (Å²) in [5, 5.41) is 21.3. The lowest BCUT2D eigenvalue weighted by molar-refractivity contribution is -0.142. The molecule has 4 nitrogen and oxygen atoms in total. The van der Waals surface area contributed by atoms with Crippen molar-refractivity contribution in [1.29, 1.82) is 5.26 Å². The molecule has 4 heteroatoms. The summed E-state index contributed by atoms with van der Waals surface area (Å²) in [4.78, 5) is 11.4. The molecule has 2 N–H and O–H groups in total. The van der Waals surface area contributed by atoms with E-state index in [4.69, 9.17) is 5.26 Å². The Morgan fingerprint density at radius 1 is 1.44 bits per heavy atom. The van der Waals surface area contributed by atoms with Crippen LogP contribution in [0.5, 0.6) is 0 Å². The fraction of sp³-hybridized carbons (Fsp3) is 0.429. The number of aliphatic carboxylic acids is 1. The Kier molecular flexibility index (Phi) is 4.33. The molecule has 0 unspecified atom stereocenters. The zero-order valence-electron chi connectivity index (χ0n) is 10.9. The van der Waals surface area contributed by atoms with E-state index in [1.807, 2.05) is 26.8 Å². The van der Waals surface area contributed by atoms with Gasteiger partial charge in [0.1, 0.15) is 5.54 Å². The molecule has 0 aromatic heterocycles. The van der Waals surface area contributed by atoms with Crippen molar-refractivity contribution in [2.75, 3.05) is 5.32 Å². The number of nitrogens with one attached hydrogen (secondary N) is 1. The molecule has 0 heterocycles. The van der Waals surface area contributed by atoms with Crippen molar-refractivity contribution in [3.05, 3.63) is 29.3 Å². The topological polar surface area (TPSA) is 73.1 Å². The maximum absolute atomic E-state index is 11.4. The van der Waals surface area contributed by atoms with Crippen molar-refractivity contribution in [3.8, 4) is 6.07 Å². The lowest BCUT2D eigenvalue weighted by Crippen LogP contribution is -2.45. The summed E-state index contributed by atoms with van der Waals surface area (Å²) in [6, 6.07) is 7.29. The van der Waals surface area contributed by atoms with E-state index in [-0.39, 0.29) is 0 Å². The molecule has 0 bridgehead atoms. The molecule has 0 saturated heterocycles. The summed E-state index contributed by atoms with van der Waals surface area (Å²) in [6.07, 6.45) is 0.962. The zero-order chi connectivity index (χ0) is 13.8. The lowest BCUT2D eigenvalue weighted by atomic mass is 9.92. The lowest BCUT2D eigenvalue weighted by Gasteiger charge is -2.30. The number of aryl methyl sites for hydroxylation is 1. The number of benzene rings is 1. The fourth-order valence-corrected chi connectivity index (χ4v) is 1.87. The van der Waals surface area contributed by atoms with Crippen LogP contribution in [0.4, 0.5) is 5.69 Å². The first-order valence-electron chi connectivity index (χ1n) is 6.01. The highest BCUT2D eigenvalue weighted by atomic mass is 16.4. The molecule has 1 aromatic carbocycles.